The molecule has 1 aliphatic carbocycles. The predicted molar refractivity (Wildman–Crippen MR) is 76.6 cm³/mol. The van der Waals surface area contributed by atoms with Crippen molar-refractivity contribution >= 4 is 27.2 Å². The third-order valence-electron chi connectivity index (χ3n) is 3.03. The van der Waals surface area contributed by atoms with Crippen LogP contribution < -0.4 is 5.46 Å². The summed E-state index contributed by atoms with van der Waals surface area (Å²) in [5.41, 5.74) is 4.23. The molecule has 4 radical (unpaired) electrons. The number of hydrogen-bond donors (Lipinski definition) is 0. The molecular weight excluding hydrogens is 202 g/mol. The summed E-state index contributed by atoms with van der Waals surface area (Å²) in [5.74, 6) is 0.436. The van der Waals surface area contributed by atoms with Crippen LogP contribution in [0.25, 0.3) is 6.08 Å². The van der Waals surface area contributed by atoms with E-state index in [1.807, 2.05) is 30.3 Å². The lowest BCUT2D eigenvalue weighted by Gasteiger charge is -2.17. The van der Waals surface area contributed by atoms with Crippen molar-refractivity contribution in [1.82, 2.24) is 0 Å². The van der Waals surface area contributed by atoms with Crippen molar-refractivity contribution in [3.8, 4) is 0 Å². The topological polar surface area (TPSA) is 0 Å². The van der Waals surface area contributed by atoms with Crippen LogP contribution >= 0.6 is 0 Å². The molecule has 0 amide bonds. The highest BCUT2D eigenvalue weighted by molar-refractivity contribution is 6.32. The van der Waals surface area contributed by atoms with E-state index in [0.717, 1.165) is 22.9 Å². The van der Waals surface area contributed by atoms with Crippen molar-refractivity contribution < 1.29 is 0 Å². The second-order valence-electron chi connectivity index (χ2n) is 4.51. The molecule has 0 aromatic heterocycles. The van der Waals surface area contributed by atoms with E-state index < -0.39 is 0 Å². The molecule has 0 N–H and O–H groups in total. The first kappa shape index (κ1) is 12.0. The Balaban J connectivity index is 2.09. The van der Waals surface area contributed by atoms with E-state index in [1.54, 1.807) is 0 Å². The highest BCUT2D eigenvalue weighted by Crippen LogP contribution is 2.23. The Morgan fingerprint density at radius 3 is 2.41 bits per heavy atom. The van der Waals surface area contributed by atoms with Crippen LogP contribution in [0.1, 0.15) is 18.9 Å². The van der Waals surface area contributed by atoms with E-state index in [4.69, 9.17) is 15.7 Å². The molecule has 1 aliphatic rings. The van der Waals surface area contributed by atoms with Gasteiger partial charge in [0.15, 0.2) is 0 Å². The van der Waals surface area contributed by atoms with Gasteiger partial charge in [0, 0.05) is 0 Å². The molecule has 0 bridgehead atoms. The van der Waals surface area contributed by atoms with E-state index in [0.29, 0.717) is 5.92 Å². The quantitative estimate of drug-likeness (QED) is 0.666. The lowest BCUT2D eigenvalue weighted by molar-refractivity contribution is 0.703. The highest BCUT2D eigenvalue weighted by Gasteiger charge is 2.08. The molecule has 1 atom stereocenters. The number of allylic oxidation sites excluding steroid dienone is 5. The molecule has 0 spiro atoms. The van der Waals surface area contributed by atoms with Crippen LogP contribution in [-0.4, -0.2) is 15.7 Å². The van der Waals surface area contributed by atoms with Gasteiger partial charge in [0.05, 0.1) is 0 Å². The van der Waals surface area contributed by atoms with E-state index in [2.05, 4.69) is 25.2 Å². The van der Waals surface area contributed by atoms with Crippen LogP contribution in [0.4, 0.5) is 0 Å². The first-order valence-corrected chi connectivity index (χ1v) is 5.85. The highest BCUT2D eigenvalue weighted by atomic mass is 14.1. The van der Waals surface area contributed by atoms with Crippen molar-refractivity contribution in [3.63, 3.8) is 0 Å². The van der Waals surface area contributed by atoms with E-state index in [9.17, 15) is 0 Å². The summed E-state index contributed by atoms with van der Waals surface area (Å²) >= 11 is 0. The fraction of sp³-hybridized carbons (Fsp3) is 0.200. The third-order valence-corrected chi connectivity index (χ3v) is 3.03. The van der Waals surface area contributed by atoms with Gasteiger partial charge in [0.25, 0.3) is 0 Å². The Kier molecular flexibility index (Phi) is 3.73. The zero-order valence-electron chi connectivity index (χ0n) is 10.1. The van der Waals surface area contributed by atoms with E-state index in [-0.39, 0.29) is 0 Å². The standard InChI is InChI=1S/C15H14B2/c1-11-10-13(6-9-15(11)17)3-2-12-4-7-14(16)8-5-12/h2-9,11H,10H2,1H3. The normalized spacial score (nSPS) is 20.2. The van der Waals surface area contributed by atoms with Gasteiger partial charge in [-0.05, 0) is 23.5 Å². The van der Waals surface area contributed by atoms with Crippen molar-refractivity contribution in [2.75, 3.05) is 0 Å². The van der Waals surface area contributed by atoms with Crippen molar-refractivity contribution in [2.45, 2.75) is 13.3 Å². The average Bonchev–Trinajstić information content (AvgIpc) is 2.33. The molecule has 0 heterocycles. The van der Waals surface area contributed by atoms with Gasteiger partial charge in [-0.2, -0.15) is 0 Å². The molecular formula is C15H14B2. The maximum absolute atomic E-state index is 5.84. The van der Waals surface area contributed by atoms with Gasteiger partial charge < -0.3 is 0 Å². The van der Waals surface area contributed by atoms with Gasteiger partial charge in [0.2, 0.25) is 0 Å². The summed E-state index contributed by atoms with van der Waals surface area (Å²) in [5, 5.41) is 0. The Morgan fingerprint density at radius 1 is 1.06 bits per heavy atom. The Hall–Kier alpha value is -1.43. The molecule has 0 saturated carbocycles. The number of rotatable bonds is 2. The Labute approximate surface area is 106 Å². The van der Waals surface area contributed by atoms with E-state index in [1.165, 1.54) is 5.57 Å². The van der Waals surface area contributed by atoms with Crippen molar-refractivity contribution in [2.24, 2.45) is 5.92 Å². The molecule has 2 rings (SSSR count). The molecule has 0 fully saturated rings. The first-order chi connectivity index (χ1) is 8.15. The third kappa shape index (κ3) is 3.26. The smallest absolute Gasteiger partial charge is 0.113 e. The summed E-state index contributed by atoms with van der Waals surface area (Å²) in [7, 11) is 11.5. The second kappa shape index (κ2) is 5.27. The molecule has 80 valence electrons. The lowest BCUT2D eigenvalue weighted by Crippen LogP contribution is -2.04. The average molecular weight is 216 g/mol. The zero-order chi connectivity index (χ0) is 12.3. The molecule has 0 aliphatic heterocycles. The van der Waals surface area contributed by atoms with Crippen molar-refractivity contribution in [1.29, 1.82) is 0 Å². The Morgan fingerprint density at radius 2 is 1.76 bits per heavy atom. The number of hydrogen-bond acceptors (Lipinski definition) is 0. The number of benzene rings is 1. The van der Waals surface area contributed by atoms with Gasteiger partial charge in [0.1, 0.15) is 15.7 Å². The fourth-order valence-electron chi connectivity index (χ4n) is 1.84. The van der Waals surface area contributed by atoms with Crippen LogP contribution in [0.2, 0.25) is 0 Å². The van der Waals surface area contributed by atoms with Gasteiger partial charge >= 0.3 is 0 Å². The second-order valence-corrected chi connectivity index (χ2v) is 4.51. The van der Waals surface area contributed by atoms with E-state index >= 15 is 0 Å². The zero-order valence-corrected chi connectivity index (χ0v) is 10.1. The minimum Gasteiger partial charge on any atom is -0.115 e. The first-order valence-electron chi connectivity index (χ1n) is 5.85. The summed E-state index contributed by atoms with van der Waals surface area (Å²) in [6, 6.07) is 7.86. The molecule has 0 nitrogen and oxygen atoms in total. The molecule has 17 heavy (non-hydrogen) atoms. The van der Waals surface area contributed by atoms with Gasteiger partial charge in [-0.15, -0.1) is 5.47 Å². The molecule has 2 heteroatoms. The minimum absolute atomic E-state index is 0.436. The van der Waals surface area contributed by atoms with Crippen LogP contribution in [0.15, 0.2) is 53.5 Å². The van der Waals surface area contributed by atoms with Crippen LogP contribution in [0, 0.1) is 5.92 Å². The lowest BCUT2D eigenvalue weighted by atomic mass is 9.78. The van der Waals surface area contributed by atoms with Crippen molar-refractivity contribution in [3.05, 3.63) is 59.1 Å². The molecule has 1 aromatic carbocycles. The SMILES string of the molecule is [B]C1=CC=C(C=Cc2ccc([B])cc2)CC1C. The summed E-state index contributed by atoms with van der Waals surface area (Å²) in [6.07, 6.45) is 9.34. The summed E-state index contributed by atoms with van der Waals surface area (Å²) < 4.78 is 0. The van der Waals surface area contributed by atoms with Crippen LogP contribution in [0.5, 0.6) is 0 Å². The van der Waals surface area contributed by atoms with Crippen LogP contribution in [0.3, 0.4) is 0 Å². The molecule has 1 aromatic rings. The molecule has 0 saturated heterocycles. The summed E-state index contributed by atoms with van der Waals surface area (Å²) in [6.45, 7) is 2.15. The summed E-state index contributed by atoms with van der Waals surface area (Å²) in [4.78, 5) is 0. The maximum Gasteiger partial charge on any atom is 0.113 e. The monoisotopic (exact) mass is 216 g/mol. The van der Waals surface area contributed by atoms with Gasteiger partial charge in [-0.25, -0.2) is 0 Å². The minimum atomic E-state index is 0.436. The van der Waals surface area contributed by atoms with Gasteiger partial charge in [-0.3, -0.25) is 0 Å². The fourth-order valence-corrected chi connectivity index (χ4v) is 1.84. The van der Waals surface area contributed by atoms with Crippen LogP contribution in [-0.2, 0) is 0 Å². The Bertz CT molecular complexity index is 478. The van der Waals surface area contributed by atoms with Gasteiger partial charge in [-0.1, -0.05) is 61.0 Å². The maximum atomic E-state index is 5.84. The predicted octanol–water partition coefficient (Wildman–Crippen LogP) is 2.51. The molecule has 1 unspecified atom stereocenters. The largest absolute Gasteiger partial charge is 0.115 e.